The molecule has 0 aliphatic rings. The molecule has 0 unspecified atom stereocenters. The zero-order valence-electron chi connectivity index (χ0n) is 12.9. The highest BCUT2D eigenvalue weighted by atomic mass is 16.5. The van der Waals surface area contributed by atoms with E-state index in [9.17, 15) is 0 Å². The molecule has 0 aromatic heterocycles. The van der Waals surface area contributed by atoms with Crippen LogP contribution in [0.4, 0.5) is 0 Å². The Kier molecular flexibility index (Phi) is 16.8. The monoisotopic (exact) mass is 262 g/mol. The summed E-state index contributed by atoms with van der Waals surface area (Å²) in [5.74, 6) is -1.50. The lowest BCUT2D eigenvalue weighted by Crippen LogP contribution is -2.15. The second-order valence-corrected chi connectivity index (χ2v) is 5.23. The molecule has 0 atom stereocenters. The van der Waals surface area contributed by atoms with Crippen LogP contribution in [-0.2, 0) is 4.74 Å². The van der Waals surface area contributed by atoms with Gasteiger partial charge < -0.3 is 14.9 Å². The van der Waals surface area contributed by atoms with E-state index in [0.29, 0.717) is 0 Å². The summed E-state index contributed by atoms with van der Waals surface area (Å²) in [6, 6.07) is 0. The average Bonchev–Trinajstić information content (AvgIpc) is 2.25. The van der Waals surface area contributed by atoms with Crippen LogP contribution >= 0.6 is 0 Å². The summed E-state index contributed by atoms with van der Waals surface area (Å²) in [6.45, 7) is 9.04. The van der Waals surface area contributed by atoms with Crippen molar-refractivity contribution in [3.63, 3.8) is 0 Å². The Morgan fingerprint density at radius 2 is 1.06 bits per heavy atom. The van der Waals surface area contributed by atoms with Crippen molar-refractivity contribution in [3.8, 4) is 0 Å². The number of hydrogen-bond donors (Lipinski definition) is 2. The lowest BCUT2D eigenvalue weighted by Gasteiger charge is -2.03. The first-order chi connectivity index (χ1) is 8.41. The van der Waals surface area contributed by atoms with Crippen LogP contribution in [0.1, 0.15) is 79.1 Å². The lowest BCUT2D eigenvalue weighted by molar-refractivity contribution is -0.127. The van der Waals surface area contributed by atoms with E-state index in [0.717, 1.165) is 13.2 Å². The second-order valence-electron chi connectivity index (χ2n) is 5.23. The Labute approximate surface area is 114 Å². The van der Waals surface area contributed by atoms with E-state index in [1.165, 1.54) is 65.2 Å². The van der Waals surface area contributed by atoms with Crippen molar-refractivity contribution in [1.82, 2.24) is 0 Å². The molecule has 0 aromatic rings. The third kappa shape index (κ3) is 36.0. The van der Waals surface area contributed by atoms with E-state index >= 15 is 0 Å². The van der Waals surface area contributed by atoms with Gasteiger partial charge in [0, 0.05) is 13.2 Å². The number of ether oxygens (including phenoxy) is 1. The molecule has 0 fully saturated rings. The van der Waals surface area contributed by atoms with Crippen LogP contribution in [0.3, 0.4) is 0 Å². The minimum Gasteiger partial charge on any atom is -0.381 e. The molecule has 0 heterocycles. The van der Waals surface area contributed by atoms with Gasteiger partial charge in [0.1, 0.15) is 0 Å². The van der Waals surface area contributed by atoms with Crippen molar-refractivity contribution < 1.29 is 14.9 Å². The first kappa shape index (κ1) is 20.2. The summed E-state index contributed by atoms with van der Waals surface area (Å²) in [7, 11) is 0. The van der Waals surface area contributed by atoms with Gasteiger partial charge in [0.25, 0.3) is 0 Å². The van der Waals surface area contributed by atoms with Crippen molar-refractivity contribution in [3.05, 3.63) is 0 Å². The minimum atomic E-state index is -1.50. The number of hydrogen-bond acceptors (Lipinski definition) is 3. The number of unbranched alkanes of at least 4 members (excludes halogenated alkanes) is 6. The highest BCUT2D eigenvalue weighted by Gasteiger charge is 2.00. The van der Waals surface area contributed by atoms with Crippen LogP contribution in [0.25, 0.3) is 0 Å². The summed E-state index contributed by atoms with van der Waals surface area (Å²) in [5.41, 5.74) is 0. The van der Waals surface area contributed by atoms with Crippen LogP contribution in [-0.4, -0.2) is 29.2 Å². The topological polar surface area (TPSA) is 49.7 Å². The molecule has 0 spiro atoms. The molecule has 0 saturated carbocycles. The highest BCUT2D eigenvalue weighted by Crippen LogP contribution is 2.01. The third-order valence-electron chi connectivity index (χ3n) is 2.28. The fraction of sp³-hybridized carbons (Fsp3) is 1.00. The van der Waals surface area contributed by atoms with Crippen molar-refractivity contribution in [2.24, 2.45) is 0 Å². The Bertz CT molecular complexity index is 125. The molecular formula is C15H34O3. The summed E-state index contributed by atoms with van der Waals surface area (Å²) in [6.07, 6.45) is 10.5. The van der Waals surface area contributed by atoms with E-state index in [2.05, 4.69) is 13.8 Å². The van der Waals surface area contributed by atoms with Crippen LogP contribution in [0.15, 0.2) is 0 Å². The SMILES string of the molecule is CC(C)(O)O.CCCCCCOCCCCCC. The van der Waals surface area contributed by atoms with Crippen LogP contribution in [0, 0.1) is 0 Å². The summed E-state index contributed by atoms with van der Waals surface area (Å²) in [5, 5.41) is 16.2. The fourth-order valence-corrected chi connectivity index (χ4v) is 1.36. The summed E-state index contributed by atoms with van der Waals surface area (Å²) < 4.78 is 5.53. The molecule has 0 aromatic carbocycles. The quantitative estimate of drug-likeness (QED) is 0.464. The van der Waals surface area contributed by atoms with Gasteiger partial charge in [-0.25, -0.2) is 0 Å². The lowest BCUT2D eigenvalue weighted by atomic mass is 10.2. The van der Waals surface area contributed by atoms with Gasteiger partial charge in [-0.2, -0.15) is 0 Å². The van der Waals surface area contributed by atoms with Crippen LogP contribution in [0.5, 0.6) is 0 Å². The first-order valence-electron chi connectivity index (χ1n) is 7.44. The molecule has 0 bridgehead atoms. The summed E-state index contributed by atoms with van der Waals surface area (Å²) >= 11 is 0. The maximum Gasteiger partial charge on any atom is 0.156 e. The second kappa shape index (κ2) is 14.9. The van der Waals surface area contributed by atoms with Gasteiger partial charge in [0.2, 0.25) is 0 Å². The molecule has 2 N–H and O–H groups in total. The van der Waals surface area contributed by atoms with Crippen molar-refractivity contribution >= 4 is 0 Å². The minimum absolute atomic E-state index is 0.978. The van der Waals surface area contributed by atoms with Crippen LogP contribution in [0.2, 0.25) is 0 Å². The predicted octanol–water partition coefficient (Wildman–Crippen LogP) is 3.87. The normalized spacial score (nSPS) is 11.0. The largest absolute Gasteiger partial charge is 0.381 e. The zero-order valence-corrected chi connectivity index (χ0v) is 12.9. The van der Waals surface area contributed by atoms with Crippen molar-refractivity contribution in [2.45, 2.75) is 84.8 Å². The molecule has 18 heavy (non-hydrogen) atoms. The van der Waals surface area contributed by atoms with Gasteiger partial charge >= 0.3 is 0 Å². The maximum absolute atomic E-state index is 8.08. The molecule has 0 saturated heterocycles. The van der Waals surface area contributed by atoms with Gasteiger partial charge in [-0.3, -0.25) is 0 Å². The molecular weight excluding hydrogens is 228 g/mol. The molecule has 0 aliphatic carbocycles. The third-order valence-corrected chi connectivity index (χ3v) is 2.28. The van der Waals surface area contributed by atoms with Gasteiger partial charge in [-0.15, -0.1) is 0 Å². The Morgan fingerprint density at radius 1 is 0.722 bits per heavy atom. The number of aliphatic hydroxyl groups is 2. The first-order valence-corrected chi connectivity index (χ1v) is 7.44. The standard InChI is InChI=1S/C12H26O.C3H8O2/c1-3-5-7-9-11-13-12-10-8-6-4-2;1-3(2,4)5/h3-12H2,1-2H3;4-5H,1-2H3. The Morgan fingerprint density at radius 3 is 1.33 bits per heavy atom. The molecule has 0 amide bonds. The highest BCUT2D eigenvalue weighted by molar-refractivity contribution is 4.42. The average molecular weight is 262 g/mol. The van der Waals surface area contributed by atoms with E-state index in [1.54, 1.807) is 0 Å². The number of rotatable bonds is 10. The smallest absolute Gasteiger partial charge is 0.156 e. The van der Waals surface area contributed by atoms with Crippen molar-refractivity contribution in [2.75, 3.05) is 13.2 Å². The maximum atomic E-state index is 8.08. The van der Waals surface area contributed by atoms with Gasteiger partial charge in [-0.05, 0) is 26.7 Å². The van der Waals surface area contributed by atoms with Crippen LogP contribution < -0.4 is 0 Å². The molecule has 0 radical (unpaired) electrons. The van der Waals surface area contributed by atoms with E-state index in [1.807, 2.05) is 0 Å². The van der Waals surface area contributed by atoms with E-state index in [4.69, 9.17) is 14.9 Å². The Balaban J connectivity index is 0. The summed E-state index contributed by atoms with van der Waals surface area (Å²) in [4.78, 5) is 0. The Hall–Kier alpha value is -0.120. The van der Waals surface area contributed by atoms with E-state index in [-0.39, 0.29) is 0 Å². The van der Waals surface area contributed by atoms with Crippen molar-refractivity contribution in [1.29, 1.82) is 0 Å². The predicted molar refractivity (Wildman–Crippen MR) is 77.6 cm³/mol. The fourth-order valence-electron chi connectivity index (χ4n) is 1.36. The molecule has 112 valence electrons. The van der Waals surface area contributed by atoms with Gasteiger partial charge in [0.05, 0.1) is 0 Å². The zero-order chi connectivity index (χ0) is 14.3. The molecule has 3 nitrogen and oxygen atoms in total. The van der Waals surface area contributed by atoms with Gasteiger partial charge in [-0.1, -0.05) is 52.4 Å². The molecule has 0 rings (SSSR count). The van der Waals surface area contributed by atoms with Gasteiger partial charge in [0.15, 0.2) is 5.79 Å². The van der Waals surface area contributed by atoms with E-state index < -0.39 is 5.79 Å². The molecule has 0 aliphatic heterocycles. The molecule has 3 heteroatoms.